The van der Waals surface area contributed by atoms with E-state index >= 15 is 0 Å². The van der Waals surface area contributed by atoms with Crippen molar-refractivity contribution >= 4 is 45.1 Å². The zero-order valence-corrected chi connectivity index (χ0v) is 47.1. The fraction of sp³-hybridized carbons (Fsp3) is 0.254. The van der Waals surface area contributed by atoms with E-state index in [1.165, 1.54) is 27.8 Å². The molecule has 0 saturated heterocycles. The third-order valence-corrected chi connectivity index (χ3v) is 15.4. The fourth-order valence-corrected chi connectivity index (χ4v) is 10.7. The average molecular weight is 1020 g/mol. The van der Waals surface area contributed by atoms with E-state index in [-0.39, 0.29) is 16.2 Å². The minimum atomic E-state index is 0.00393. The van der Waals surface area contributed by atoms with Gasteiger partial charge in [0.25, 0.3) is 0 Å². The Morgan fingerprint density at radius 3 is 1.01 bits per heavy atom. The average Bonchev–Trinajstić information content (AvgIpc) is 4.38. The van der Waals surface area contributed by atoms with Crippen LogP contribution in [-0.2, 0) is 22.8 Å². The van der Waals surface area contributed by atoms with Crippen molar-refractivity contribution in [1.82, 2.24) is 9.80 Å². The molecular weight excluding hydrogens is 951 g/mol. The van der Waals surface area contributed by atoms with Crippen LogP contribution >= 0.6 is 0 Å². The fourth-order valence-electron chi connectivity index (χ4n) is 10.7. The summed E-state index contributed by atoms with van der Waals surface area (Å²) in [7, 11) is 2.05. The van der Waals surface area contributed by atoms with Crippen LogP contribution in [0.4, 0.5) is 0 Å². The SMILES string of the molecule is CN1C=CC(=C2C=CN(CCCCC[n+]3ccc(C4=C5C=CC(=N5)C(c5ccc(C(C)(C)C)cc5)=C5C=CC(=N5)C(c5ccc(C(C)(C)C)cc5)=C5C=CC(=N5)C(c5ccc(C(C)(C)C)cc5)=C5C=CC4=N5)cc3)C=C2)C=C1. The maximum Gasteiger partial charge on any atom is 0.169 e. The molecule has 0 atom stereocenters. The number of fused-ring (bicyclic) bond motifs is 4. The number of nitrogens with zero attached hydrogens (tertiary/aromatic N) is 7. The molecule has 7 aliphatic rings. The zero-order chi connectivity index (χ0) is 54.3. The second-order valence-corrected chi connectivity index (χ2v) is 24.3. The smallest absolute Gasteiger partial charge is 0.169 e. The van der Waals surface area contributed by atoms with Gasteiger partial charge in [-0.15, -0.1) is 0 Å². The summed E-state index contributed by atoms with van der Waals surface area (Å²) in [5.74, 6) is 0. The molecule has 0 fully saturated rings. The molecule has 8 bridgehead atoms. The summed E-state index contributed by atoms with van der Waals surface area (Å²) in [5.41, 5.74) is 21.3. The van der Waals surface area contributed by atoms with Crippen LogP contribution in [-0.4, -0.2) is 46.2 Å². The summed E-state index contributed by atoms with van der Waals surface area (Å²) in [6.45, 7) is 22.3. The Balaban J connectivity index is 0.980. The normalized spacial score (nSPS) is 18.0. The lowest BCUT2D eigenvalue weighted by Crippen LogP contribution is -2.32. The minimum absolute atomic E-state index is 0.00393. The molecule has 0 N–H and O–H groups in total. The summed E-state index contributed by atoms with van der Waals surface area (Å²) in [6.07, 6.45) is 42.4. The molecule has 1 aromatic heterocycles. The zero-order valence-electron chi connectivity index (χ0n) is 47.1. The second-order valence-electron chi connectivity index (χ2n) is 24.3. The first-order chi connectivity index (χ1) is 37.4. The van der Waals surface area contributed by atoms with E-state index in [1.54, 1.807) is 0 Å². The Labute approximate surface area is 463 Å². The first kappa shape index (κ1) is 51.8. The van der Waals surface area contributed by atoms with Gasteiger partial charge in [0.1, 0.15) is 6.54 Å². The third-order valence-electron chi connectivity index (χ3n) is 15.4. The van der Waals surface area contributed by atoms with Crippen molar-refractivity contribution in [2.24, 2.45) is 20.0 Å². The van der Waals surface area contributed by atoms with Crippen molar-refractivity contribution in [2.45, 2.75) is 104 Å². The summed E-state index contributed by atoms with van der Waals surface area (Å²) in [5, 5.41) is 0. The van der Waals surface area contributed by atoms with E-state index in [1.807, 2.05) is 7.05 Å². The van der Waals surface area contributed by atoms with Gasteiger partial charge in [-0.1, -0.05) is 135 Å². The molecule has 0 saturated carbocycles. The molecular formula is C71H72N7+. The largest absolute Gasteiger partial charge is 0.357 e. The van der Waals surface area contributed by atoms with Crippen LogP contribution in [0, 0.1) is 0 Å². The van der Waals surface area contributed by atoms with Crippen LogP contribution in [0.15, 0.2) is 249 Å². The summed E-state index contributed by atoms with van der Waals surface area (Å²) >= 11 is 0. The number of aromatic nitrogens is 1. The lowest BCUT2D eigenvalue weighted by Gasteiger charge is -2.20. The van der Waals surface area contributed by atoms with E-state index in [2.05, 4.69) is 272 Å². The van der Waals surface area contributed by atoms with Gasteiger partial charge in [0.15, 0.2) is 12.4 Å². The molecule has 4 aromatic rings. The van der Waals surface area contributed by atoms with E-state index in [4.69, 9.17) is 20.0 Å². The number of aryl methyl sites for hydroxylation is 1. The number of benzene rings is 3. The molecule has 0 unspecified atom stereocenters. The van der Waals surface area contributed by atoms with E-state index in [0.717, 1.165) is 123 Å². The number of aliphatic imine (C=N–C) groups is 4. The molecule has 8 heterocycles. The standard InChI is InChI=1S/C71H72N7/c1-69(2,3)54-20-14-50(15-21-54)65-57-26-28-59(72-57)66(51-16-22-55(23-17-51)70(4,5)6)61-30-32-63(74-61)68(64-33-31-62(75-64)67(60-29-27-58(65)73-60)52-18-24-56(25-19-52)71(7,8)9)53-38-46-78(47-39-53)41-13-11-12-40-77-44-36-49(37-45-77)48-34-42-76(10)43-35-48/h14-39,42-47H,11-13,40-41H2,1-10H3/q+1. The van der Waals surface area contributed by atoms with Crippen LogP contribution in [0.3, 0.4) is 0 Å². The van der Waals surface area contributed by atoms with Crippen molar-refractivity contribution < 1.29 is 4.57 Å². The van der Waals surface area contributed by atoms with Crippen molar-refractivity contribution in [3.05, 3.63) is 268 Å². The number of hydrogen-bond acceptors (Lipinski definition) is 6. The van der Waals surface area contributed by atoms with Gasteiger partial charge in [0, 0.05) is 79.2 Å². The van der Waals surface area contributed by atoms with Gasteiger partial charge in [-0.05, 0) is 152 Å². The topological polar surface area (TPSA) is 59.8 Å². The Kier molecular flexibility index (Phi) is 13.9. The predicted octanol–water partition coefficient (Wildman–Crippen LogP) is 15.7. The Hall–Kier alpha value is -8.29. The quantitative estimate of drug-likeness (QED) is 0.117. The lowest BCUT2D eigenvalue weighted by molar-refractivity contribution is -0.697. The highest BCUT2D eigenvalue weighted by Crippen LogP contribution is 2.40. The first-order valence-electron chi connectivity index (χ1n) is 27.8. The maximum atomic E-state index is 5.58. The van der Waals surface area contributed by atoms with Crippen molar-refractivity contribution in [1.29, 1.82) is 0 Å². The highest BCUT2D eigenvalue weighted by atomic mass is 15.1. The van der Waals surface area contributed by atoms with Crippen LogP contribution < -0.4 is 4.57 Å². The Bertz CT molecular complexity index is 3540. The molecule has 7 nitrogen and oxygen atoms in total. The Morgan fingerprint density at radius 2 is 0.679 bits per heavy atom. The van der Waals surface area contributed by atoms with Crippen LogP contribution in [0.2, 0.25) is 0 Å². The number of hydrogen-bond donors (Lipinski definition) is 0. The second kappa shape index (κ2) is 20.9. The molecule has 0 radical (unpaired) electrons. The van der Waals surface area contributed by atoms with Gasteiger partial charge in [-0.2, -0.15) is 0 Å². The molecule has 0 spiro atoms. The molecule has 3 aromatic carbocycles. The van der Waals surface area contributed by atoms with E-state index in [9.17, 15) is 0 Å². The summed E-state index contributed by atoms with van der Waals surface area (Å²) < 4.78 is 2.30. The van der Waals surface area contributed by atoms with Crippen LogP contribution in [0.5, 0.6) is 0 Å². The van der Waals surface area contributed by atoms with Crippen molar-refractivity contribution in [3.63, 3.8) is 0 Å². The number of allylic oxidation sites excluding steroid dienone is 18. The monoisotopic (exact) mass is 1020 g/mol. The number of unbranched alkanes of at least 4 members (excludes halogenated alkanes) is 2. The van der Waals surface area contributed by atoms with Crippen LogP contribution in [0.25, 0.3) is 22.3 Å². The third kappa shape index (κ3) is 11.0. The van der Waals surface area contributed by atoms with Gasteiger partial charge in [-0.3, -0.25) is 0 Å². The van der Waals surface area contributed by atoms with Gasteiger partial charge in [-0.25, -0.2) is 24.5 Å². The van der Waals surface area contributed by atoms with Gasteiger partial charge < -0.3 is 9.80 Å². The van der Waals surface area contributed by atoms with Gasteiger partial charge in [0.2, 0.25) is 0 Å². The van der Waals surface area contributed by atoms with E-state index in [0.29, 0.717) is 0 Å². The lowest BCUT2D eigenvalue weighted by atomic mass is 9.85. The minimum Gasteiger partial charge on any atom is -0.357 e. The molecule has 7 aliphatic heterocycles. The highest BCUT2D eigenvalue weighted by Gasteiger charge is 2.29. The summed E-state index contributed by atoms with van der Waals surface area (Å²) in [4.78, 5) is 26.6. The molecule has 390 valence electrons. The summed E-state index contributed by atoms with van der Waals surface area (Å²) in [6, 6.07) is 31.3. The molecule has 78 heavy (non-hydrogen) atoms. The molecule has 0 amide bonds. The van der Waals surface area contributed by atoms with E-state index < -0.39 is 0 Å². The molecule has 11 rings (SSSR count). The molecule has 0 aliphatic carbocycles. The molecule has 7 heteroatoms. The van der Waals surface area contributed by atoms with Crippen molar-refractivity contribution in [3.8, 4) is 0 Å². The van der Waals surface area contributed by atoms with Crippen LogP contribution in [0.1, 0.15) is 121 Å². The van der Waals surface area contributed by atoms with Gasteiger partial charge in [0.05, 0.1) is 45.6 Å². The first-order valence-corrected chi connectivity index (χ1v) is 27.8. The number of pyridine rings is 1. The predicted molar refractivity (Wildman–Crippen MR) is 328 cm³/mol. The highest BCUT2D eigenvalue weighted by molar-refractivity contribution is 6.39. The maximum absolute atomic E-state index is 5.58. The number of rotatable bonds is 10. The van der Waals surface area contributed by atoms with Crippen molar-refractivity contribution in [2.75, 3.05) is 13.6 Å². The Morgan fingerprint density at radius 1 is 0.359 bits per heavy atom. The van der Waals surface area contributed by atoms with Gasteiger partial charge >= 0.3 is 0 Å².